The monoisotopic (exact) mass is 803 g/mol. The minimum atomic E-state index is -4.64. The Hall–Kier alpha value is -5.54. The molecule has 5 aromatic carbocycles. The van der Waals surface area contributed by atoms with Crippen LogP contribution in [-0.4, -0.2) is 54.8 Å². The second kappa shape index (κ2) is 16.4. The first kappa shape index (κ1) is 39.2. The molecule has 3 N–H and O–H groups in total. The molecule has 0 aliphatic carbocycles. The lowest BCUT2D eigenvalue weighted by Gasteiger charge is -2.15. The van der Waals surface area contributed by atoms with E-state index in [9.17, 15) is 27.7 Å². The van der Waals surface area contributed by atoms with Gasteiger partial charge in [-0.3, -0.25) is 14.1 Å². The van der Waals surface area contributed by atoms with Crippen LogP contribution in [0.3, 0.4) is 0 Å². The maximum absolute atomic E-state index is 13.2. The van der Waals surface area contributed by atoms with Crippen LogP contribution >= 0.6 is 23.2 Å². The van der Waals surface area contributed by atoms with Gasteiger partial charge in [0.05, 0.1) is 39.3 Å². The maximum atomic E-state index is 13.2. The van der Waals surface area contributed by atoms with Crippen LogP contribution in [0.15, 0.2) is 105 Å². The third kappa shape index (κ3) is 8.89. The van der Waals surface area contributed by atoms with Gasteiger partial charge in [-0.1, -0.05) is 53.0 Å². The Kier molecular flexibility index (Phi) is 11.7. The van der Waals surface area contributed by atoms with E-state index in [2.05, 4.69) is 26.7 Å². The number of hydrazone groups is 1. The van der Waals surface area contributed by atoms with E-state index >= 15 is 0 Å². The summed E-state index contributed by atoms with van der Waals surface area (Å²) in [6, 6.07) is 22.0. The summed E-state index contributed by atoms with van der Waals surface area (Å²) in [7, 11) is -4.64. The lowest BCUT2D eigenvalue weighted by Crippen LogP contribution is -2.30. The van der Waals surface area contributed by atoms with Gasteiger partial charge in [0.15, 0.2) is 6.04 Å². The molecule has 0 saturated heterocycles. The minimum Gasteiger partial charge on any atom is -0.506 e. The zero-order valence-corrected chi connectivity index (χ0v) is 32.1. The molecule has 1 atom stereocenters. The van der Waals surface area contributed by atoms with E-state index in [1.807, 2.05) is 26.0 Å². The molecule has 0 bridgehead atoms. The second-order valence-corrected chi connectivity index (χ2v) is 14.9. The van der Waals surface area contributed by atoms with Crippen molar-refractivity contribution < 1.29 is 37.1 Å². The van der Waals surface area contributed by atoms with Crippen molar-refractivity contribution in [2.75, 3.05) is 18.2 Å². The van der Waals surface area contributed by atoms with Gasteiger partial charge < -0.3 is 19.9 Å². The van der Waals surface area contributed by atoms with E-state index in [4.69, 9.17) is 32.7 Å². The van der Waals surface area contributed by atoms with Gasteiger partial charge in [-0.2, -0.15) is 28.8 Å². The van der Waals surface area contributed by atoms with Crippen molar-refractivity contribution >= 4 is 73.0 Å². The Bertz CT molecular complexity index is 2480. The Morgan fingerprint density at radius 3 is 2.42 bits per heavy atom. The molecular weight excluding hydrogens is 769 g/mol. The van der Waals surface area contributed by atoms with Crippen molar-refractivity contribution in [3.05, 3.63) is 112 Å². The standard InChI is InChI=1S/C39H35Cl2N5O8S/c1-22-9-16-33(23(2)19-22)53-18-5-4-17-42-38(48)29-15-14-27-28(37(29)47)7-6-8-34(27)54-26-12-10-25(11-13-26)43-44-36-24(3)45-46(39(36)49)32-20-31(41)35(21-30(32)40)55(50,51)52/h6-16,19-21,36,47H,4-5,17-18H2,1-3H3,(H,42,48)(H,50,51,52). The number of ether oxygens (including phenoxy) is 2. The van der Waals surface area contributed by atoms with Gasteiger partial charge in [0.1, 0.15) is 27.9 Å². The number of nitrogens with one attached hydrogen (secondary N) is 1. The average Bonchev–Trinajstić information content (AvgIpc) is 3.42. The van der Waals surface area contributed by atoms with Crippen LogP contribution in [-0.2, 0) is 14.9 Å². The van der Waals surface area contributed by atoms with Crippen LogP contribution in [0.25, 0.3) is 10.8 Å². The molecule has 0 spiro atoms. The number of azo groups is 1. The number of nitrogens with zero attached hydrogens (tertiary/aromatic N) is 4. The fraction of sp³-hybridized carbons (Fsp3) is 0.205. The quantitative estimate of drug-likeness (QED) is 0.0599. The highest BCUT2D eigenvalue weighted by molar-refractivity contribution is 7.86. The van der Waals surface area contributed by atoms with Crippen LogP contribution in [0, 0.1) is 13.8 Å². The number of halogens is 2. The number of rotatable bonds is 13. The number of carbonyl (C=O) groups is 2. The molecule has 1 aliphatic rings. The van der Waals surface area contributed by atoms with Crippen molar-refractivity contribution in [1.29, 1.82) is 0 Å². The van der Waals surface area contributed by atoms with Gasteiger partial charge in [0, 0.05) is 17.3 Å². The number of hydrogen-bond acceptors (Lipinski definition) is 10. The molecule has 1 aliphatic heterocycles. The molecular formula is C39H35Cl2N5O8S. The Morgan fingerprint density at radius 1 is 0.927 bits per heavy atom. The third-order valence-electron chi connectivity index (χ3n) is 8.64. The first-order valence-electron chi connectivity index (χ1n) is 17.0. The number of unbranched alkanes of at least 4 members (excludes halogenated alkanes) is 1. The fourth-order valence-electron chi connectivity index (χ4n) is 5.82. The summed E-state index contributed by atoms with van der Waals surface area (Å²) < 4.78 is 44.5. The summed E-state index contributed by atoms with van der Waals surface area (Å²) in [6.07, 6.45) is 1.46. The number of carbonyl (C=O) groups excluding carboxylic acids is 2. The van der Waals surface area contributed by atoms with Crippen molar-refractivity contribution in [2.24, 2.45) is 15.3 Å². The van der Waals surface area contributed by atoms with Gasteiger partial charge >= 0.3 is 0 Å². The minimum absolute atomic E-state index is 0.00516. The van der Waals surface area contributed by atoms with E-state index in [-0.39, 0.29) is 33.0 Å². The fourth-order valence-corrected chi connectivity index (χ4v) is 7.16. The number of anilines is 1. The van der Waals surface area contributed by atoms with Crippen molar-refractivity contribution in [2.45, 2.75) is 44.6 Å². The Morgan fingerprint density at radius 2 is 1.69 bits per heavy atom. The maximum Gasteiger partial charge on any atom is 0.296 e. The number of phenolic OH excluding ortho intramolecular Hbond substituents is 1. The van der Waals surface area contributed by atoms with Crippen LogP contribution in [0.1, 0.15) is 41.3 Å². The van der Waals surface area contributed by atoms with Gasteiger partial charge in [-0.25, -0.2) is 0 Å². The zero-order chi connectivity index (χ0) is 39.4. The summed E-state index contributed by atoms with van der Waals surface area (Å²) >= 11 is 12.2. The van der Waals surface area contributed by atoms with Crippen LogP contribution in [0.5, 0.6) is 23.0 Å². The Balaban J connectivity index is 1.05. The van der Waals surface area contributed by atoms with Crippen molar-refractivity contribution in [1.82, 2.24) is 5.32 Å². The molecule has 16 heteroatoms. The number of benzene rings is 5. The predicted molar refractivity (Wildman–Crippen MR) is 210 cm³/mol. The molecule has 1 heterocycles. The van der Waals surface area contributed by atoms with Crippen LogP contribution in [0.4, 0.5) is 11.4 Å². The third-order valence-corrected chi connectivity index (χ3v) is 10.3. The van der Waals surface area contributed by atoms with E-state index in [0.29, 0.717) is 53.2 Å². The summed E-state index contributed by atoms with van der Waals surface area (Å²) in [5.41, 5.74) is 3.12. The summed E-state index contributed by atoms with van der Waals surface area (Å²) in [6.45, 7) is 6.57. The van der Waals surface area contributed by atoms with Crippen molar-refractivity contribution in [3.63, 3.8) is 0 Å². The van der Waals surface area contributed by atoms with Crippen LogP contribution in [0.2, 0.25) is 10.0 Å². The lowest BCUT2D eigenvalue weighted by atomic mass is 10.0. The molecule has 0 saturated carbocycles. The molecule has 1 unspecified atom stereocenters. The average molecular weight is 805 g/mol. The lowest BCUT2D eigenvalue weighted by molar-refractivity contribution is -0.117. The summed E-state index contributed by atoms with van der Waals surface area (Å²) in [5, 5.41) is 27.9. The molecule has 13 nitrogen and oxygen atoms in total. The van der Waals surface area contributed by atoms with Crippen molar-refractivity contribution in [3.8, 4) is 23.0 Å². The molecule has 0 aromatic heterocycles. The van der Waals surface area contributed by atoms with Gasteiger partial charge in [-0.15, -0.1) is 0 Å². The molecule has 55 heavy (non-hydrogen) atoms. The smallest absolute Gasteiger partial charge is 0.296 e. The largest absolute Gasteiger partial charge is 0.506 e. The number of phenols is 1. The van der Waals surface area contributed by atoms with E-state index < -0.39 is 27.0 Å². The first-order chi connectivity index (χ1) is 26.2. The zero-order valence-electron chi connectivity index (χ0n) is 29.8. The molecule has 284 valence electrons. The number of aryl methyl sites for hydroxylation is 2. The van der Waals surface area contributed by atoms with Gasteiger partial charge in [-0.05, 0) is 99.8 Å². The summed E-state index contributed by atoms with van der Waals surface area (Å²) in [5.74, 6) is 0.604. The van der Waals surface area contributed by atoms with Gasteiger partial charge in [0.2, 0.25) is 0 Å². The topological polar surface area (TPSA) is 180 Å². The van der Waals surface area contributed by atoms with E-state index in [1.165, 1.54) is 5.56 Å². The van der Waals surface area contributed by atoms with E-state index in [0.717, 1.165) is 34.9 Å². The number of fused-ring (bicyclic) bond motifs is 1. The predicted octanol–water partition coefficient (Wildman–Crippen LogP) is 8.97. The highest BCUT2D eigenvalue weighted by Gasteiger charge is 2.36. The van der Waals surface area contributed by atoms with Gasteiger partial charge in [0.25, 0.3) is 21.9 Å². The highest BCUT2D eigenvalue weighted by atomic mass is 35.5. The molecule has 0 radical (unpaired) electrons. The SMILES string of the molecule is CC1=NN(c2cc(Cl)c(S(=O)(=O)O)cc2Cl)C(=O)C1N=Nc1ccc(Oc2cccc3c(O)c(C(=O)NCCCCOc4ccc(C)cc4C)ccc23)cc1. The highest BCUT2D eigenvalue weighted by Crippen LogP contribution is 2.38. The molecule has 2 amide bonds. The number of amides is 2. The van der Waals surface area contributed by atoms with Crippen LogP contribution < -0.4 is 19.8 Å². The molecule has 0 fully saturated rings. The number of aromatic hydroxyl groups is 1. The summed E-state index contributed by atoms with van der Waals surface area (Å²) in [4.78, 5) is 25.5. The first-order valence-corrected chi connectivity index (χ1v) is 19.2. The molecule has 6 rings (SSSR count). The number of hydrogen-bond donors (Lipinski definition) is 3. The second-order valence-electron chi connectivity index (χ2n) is 12.7. The Labute approximate surface area is 326 Å². The normalized spacial score (nSPS) is 14.4. The van der Waals surface area contributed by atoms with E-state index in [1.54, 1.807) is 61.5 Å². The molecule has 5 aromatic rings.